The molecule has 2 aromatic heterocycles. The molecule has 0 bridgehead atoms. The number of hydrogen-bond donors (Lipinski definition) is 2. The molecule has 0 fully saturated rings. The Hall–Kier alpha value is -2.70. The number of aliphatic hydroxyl groups excluding tert-OH is 1. The summed E-state index contributed by atoms with van der Waals surface area (Å²) < 4.78 is 1.74. The van der Waals surface area contributed by atoms with Gasteiger partial charge in [0.1, 0.15) is 12.1 Å². The summed E-state index contributed by atoms with van der Waals surface area (Å²) in [4.78, 5) is 20.3. The van der Waals surface area contributed by atoms with Gasteiger partial charge in [-0.25, -0.2) is 9.97 Å². The van der Waals surface area contributed by atoms with E-state index in [1.165, 1.54) is 6.20 Å². The van der Waals surface area contributed by atoms with Gasteiger partial charge in [0, 0.05) is 23.0 Å². The van der Waals surface area contributed by atoms with E-state index in [2.05, 4.69) is 15.3 Å². The monoisotopic (exact) mass is 328 g/mol. The summed E-state index contributed by atoms with van der Waals surface area (Å²) >= 11 is 5.98. The summed E-state index contributed by atoms with van der Waals surface area (Å²) in [6.07, 6.45) is 5.20. The first-order valence-corrected chi connectivity index (χ1v) is 7.20. The van der Waals surface area contributed by atoms with E-state index in [1.54, 1.807) is 59.7 Å². The Morgan fingerprint density at radius 1 is 1.26 bits per heavy atom. The maximum atomic E-state index is 12.1. The quantitative estimate of drug-likeness (QED) is 0.771. The SMILES string of the molecule is O=C(Nc1ccc(-n2ccnc2)nc1)[C@H](O)c1ccccc1Cl. The van der Waals surface area contributed by atoms with Crippen LogP contribution in [0.4, 0.5) is 5.69 Å². The third-order valence-corrected chi connectivity index (χ3v) is 3.58. The molecule has 1 aromatic carbocycles. The first-order valence-electron chi connectivity index (χ1n) is 6.83. The third-order valence-electron chi connectivity index (χ3n) is 3.23. The van der Waals surface area contributed by atoms with E-state index < -0.39 is 12.0 Å². The molecule has 0 saturated carbocycles. The molecule has 1 amide bonds. The van der Waals surface area contributed by atoms with Crippen LogP contribution in [0, 0.1) is 0 Å². The molecule has 0 unspecified atom stereocenters. The Labute approximate surface area is 137 Å². The number of rotatable bonds is 4. The second-order valence-corrected chi connectivity index (χ2v) is 5.20. The molecule has 0 saturated heterocycles. The van der Waals surface area contributed by atoms with E-state index in [9.17, 15) is 9.90 Å². The summed E-state index contributed by atoms with van der Waals surface area (Å²) in [6, 6.07) is 10.1. The Bertz CT molecular complexity index is 803. The number of carbonyl (C=O) groups is 1. The lowest BCUT2D eigenvalue weighted by atomic mass is 10.1. The molecule has 3 rings (SSSR count). The maximum absolute atomic E-state index is 12.1. The van der Waals surface area contributed by atoms with E-state index in [0.29, 0.717) is 22.1 Å². The summed E-state index contributed by atoms with van der Waals surface area (Å²) in [5.41, 5.74) is 0.833. The lowest BCUT2D eigenvalue weighted by Gasteiger charge is -2.13. The normalized spacial score (nSPS) is 11.9. The van der Waals surface area contributed by atoms with Crippen molar-refractivity contribution in [3.05, 3.63) is 71.9 Å². The molecule has 23 heavy (non-hydrogen) atoms. The first-order chi connectivity index (χ1) is 11.1. The zero-order chi connectivity index (χ0) is 16.2. The predicted molar refractivity (Wildman–Crippen MR) is 86.4 cm³/mol. The van der Waals surface area contributed by atoms with Crippen LogP contribution in [0.25, 0.3) is 5.82 Å². The predicted octanol–water partition coefficient (Wildman–Crippen LogP) is 2.59. The molecule has 2 heterocycles. The summed E-state index contributed by atoms with van der Waals surface area (Å²) in [6.45, 7) is 0. The second kappa shape index (κ2) is 6.60. The lowest BCUT2D eigenvalue weighted by Crippen LogP contribution is -2.21. The van der Waals surface area contributed by atoms with E-state index in [0.717, 1.165) is 0 Å². The minimum atomic E-state index is -1.35. The smallest absolute Gasteiger partial charge is 0.257 e. The summed E-state index contributed by atoms with van der Waals surface area (Å²) in [5.74, 6) is 0.0995. The van der Waals surface area contributed by atoms with Crippen LogP contribution in [-0.2, 0) is 4.79 Å². The Balaban J connectivity index is 1.72. The van der Waals surface area contributed by atoms with Gasteiger partial charge in [-0.1, -0.05) is 29.8 Å². The highest BCUT2D eigenvalue weighted by Gasteiger charge is 2.19. The number of halogens is 1. The molecule has 0 aliphatic carbocycles. The number of anilines is 1. The number of imidazole rings is 1. The van der Waals surface area contributed by atoms with Gasteiger partial charge in [0.2, 0.25) is 0 Å². The van der Waals surface area contributed by atoms with Gasteiger partial charge >= 0.3 is 0 Å². The fourth-order valence-corrected chi connectivity index (χ4v) is 2.30. The molecule has 0 radical (unpaired) electrons. The highest BCUT2D eigenvalue weighted by molar-refractivity contribution is 6.31. The maximum Gasteiger partial charge on any atom is 0.257 e. The van der Waals surface area contributed by atoms with E-state index in [4.69, 9.17) is 11.6 Å². The third kappa shape index (κ3) is 3.39. The van der Waals surface area contributed by atoms with Crippen LogP contribution in [0.3, 0.4) is 0 Å². The van der Waals surface area contributed by atoms with Crippen molar-refractivity contribution in [3.8, 4) is 5.82 Å². The number of amides is 1. The number of carbonyl (C=O) groups excluding carboxylic acids is 1. The number of aromatic nitrogens is 3. The van der Waals surface area contributed by atoms with Gasteiger partial charge in [0.05, 0.1) is 11.9 Å². The van der Waals surface area contributed by atoms with Crippen molar-refractivity contribution in [1.29, 1.82) is 0 Å². The van der Waals surface area contributed by atoms with E-state index in [1.807, 2.05) is 0 Å². The molecular formula is C16H13ClN4O2. The van der Waals surface area contributed by atoms with Crippen LogP contribution in [-0.4, -0.2) is 25.5 Å². The number of nitrogens with zero attached hydrogens (tertiary/aromatic N) is 3. The standard InChI is InChI=1S/C16H13ClN4O2/c17-13-4-2-1-3-12(13)15(22)16(23)20-11-5-6-14(19-9-11)21-8-7-18-10-21/h1-10,15,22H,(H,20,23)/t15-/m1/s1. The van der Waals surface area contributed by atoms with Crippen molar-refractivity contribution in [1.82, 2.24) is 14.5 Å². The zero-order valence-electron chi connectivity index (χ0n) is 11.9. The van der Waals surface area contributed by atoms with Crippen LogP contribution in [0.5, 0.6) is 0 Å². The van der Waals surface area contributed by atoms with Crippen LogP contribution in [0.2, 0.25) is 5.02 Å². The van der Waals surface area contributed by atoms with E-state index >= 15 is 0 Å². The van der Waals surface area contributed by atoms with Crippen molar-refractivity contribution >= 4 is 23.2 Å². The van der Waals surface area contributed by atoms with Crippen LogP contribution >= 0.6 is 11.6 Å². The number of aliphatic hydroxyl groups is 1. The topological polar surface area (TPSA) is 80.0 Å². The highest BCUT2D eigenvalue weighted by Crippen LogP contribution is 2.23. The van der Waals surface area contributed by atoms with Crippen LogP contribution in [0.1, 0.15) is 11.7 Å². The average Bonchev–Trinajstić information content (AvgIpc) is 3.10. The molecule has 116 valence electrons. The van der Waals surface area contributed by atoms with Gasteiger partial charge in [-0.2, -0.15) is 0 Å². The van der Waals surface area contributed by atoms with Gasteiger partial charge in [-0.3, -0.25) is 9.36 Å². The fourth-order valence-electron chi connectivity index (χ4n) is 2.06. The summed E-state index contributed by atoms with van der Waals surface area (Å²) in [7, 11) is 0. The fraction of sp³-hybridized carbons (Fsp3) is 0.0625. The molecule has 0 aliphatic rings. The van der Waals surface area contributed by atoms with Crippen molar-refractivity contribution in [2.75, 3.05) is 5.32 Å². The van der Waals surface area contributed by atoms with Crippen molar-refractivity contribution in [2.24, 2.45) is 0 Å². The number of hydrogen-bond acceptors (Lipinski definition) is 4. The zero-order valence-corrected chi connectivity index (χ0v) is 12.7. The van der Waals surface area contributed by atoms with Gasteiger partial charge in [0.25, 0.3) is 5.91 Å². The molecule has 7 heteroatoms. The van der Waals surface area contributed by atoms with Gasteiger partial charge < -0.3 is 10.4 Å². The van der Waals surface area contributed by atoms with Crippen LogP contribution in [0.15, 0.2) is 61.3 Å². The first kappa shape index (κ1) is 15.2. The molecule has 2 N–H and O–H groups in total. The number of nitrogens with one attached hydrogen (secondary N) is 1. The molecule has 0 spiro atoms. The van der Waals surface area contributed by atoms with Gasteiger partial charge in [-0.15, -0.1) is 0 Å². The second-order valence-electron chi connectivity index (χ2n) is 4.79. The Morgan fingerprint density at radius 2 is 2.09 bits per heavy atom. The number of benzene rings is 1. The summed E-state index contributed by atoms with van der Waals surface area (Å²) in [5, 5.41) is 13.0. The highest BCUT2D eigenvalue weighted by atomic mass is 35.5. The van der Waals surface area contributed by atoms with Crippen molar-refractivity contribution < 1.29 is 9.90 Å². The molecule has 3 aromatic rings. The average molecular weight is 329 g/mol. The minimum absolute atomic E-state index is 0.337. The molecule has 0 aliphatic heterocycles. The number of pyridine rings is 1. The molecule has 1 atom stereocenters. The molecule has 6 nitrogen and oxygen atoms in total. The largest absolute Gasteiger partial charge is 0.378 e. The van der Waals surface area contributed by atoms with Gasteiger partial charge in [-0.05, 0) is 18.2 Å². The van der Waals surface area contributed by atoms with E-state index in [-0.39, 0.29) is 0 Å². The van der Waals surface area contributed by atoms with Crippen LogP contribution < -0.4 is 5.32 Å². The lowest BCUT2D eigenvalue weighted by molar-refractivity contribution is -0.124. The van der Waals surface area contributed by atoms with Crippen molar-refractivity contribution in [3.63, 3.8) is 0 Å². The van der Waals surface area contributed by atoms with Gasteiger partial charge in [0.15, 0.2) is 6.10 Å². The van der Waals surface area contributed by atoms with Crippen molar-refractivity contribution in [2.45, 2.75) is 6.10 Å². The minimum Gasteiger partial charge on any atom is -0.378 e. The Morgan fingerprint density at radius 3 is 2.74 bits per heavy atom. The molecular weight excluding hydrogens is 316 g/mol. The Kier molecular flexibility index (Phi) is 4.36.